The molecule has 0 unspecified atom stereocenters. The van der Waals surface area contributed by atoms with E-state index in [4.69, 9.17) is 0 Å². The number of hydrogen-bond donors (Lipinski definition) is 1. The van der Waals surface area contributed by atoms with Crippen LogP contribution in [0.25, 0.3) is 11.1 Å². The van der Waals surface area contributed by atoms with Crippen LogP contribution in [0.15, 0.2) is 36.7 Å². The van der Waals surface area contributed by atoms with Gasteiger partial charge in [0.15, 0.2) is 0 Å². The molecule has 3 rings (SSSR count). The molecule has 1 aromatic carbocycles. The molecule has 0 aliphatic heterocycles. The van der Waals surface area contributed by atoms with Crippen molar-refractivity contribution in [2.75, 3.05) is 0 Å². The Labute approximate surface area is 151 Å². The normalized spacial score (nSPS) is 12.2. The van der Waals surface area contributed by atoms with Gasteiger partial charge >= 0.3 is 0 Å². The molecule has 1 amide bonds. The number of aromatic nitrogens is 3. The number of amides is 1. The van der Waals surface area contributed by atoms with Gasteiger partial charge in [-0.2, -0.15) is 5.10 Å². The van der Waals surface area contributed by atoms with Gasteiger partial charge in [0.25, 0.3) is 5.91 Å². The van der Waals surface area contributed by atoms with Crippen LogP contribution in [-0.4, -0.2) is 20.7 Å². The van der Waals surface area contributed by atoms with Crippen LogP contribution in [0.3, 0.4) is 0 Å². The molecule has 130 valence electrons. The lowest BCUT2D eigenvalue weighted by Gasteiger charge is -2.13. The topological polar surface area (TPSA) is 59.8 Å². The summed E-state index contributed by atoms with van der Waals surface area (Å²) >= 11 is 1.65. The maximum atomic E-state index is 12.6. The summed E-state index contributed by atoms with van der Waals surface area (Å²) in [6.07, 6.45) is 3.81. The van der Waals surface area contributed by atoms with E-state index in [1.165, 1.54) is 0 Å². The molecular formula is C19H22N4OS. The first kappa shape index (κ1) is 17.4. The van der Waals surface area contributed by atoms with Crippen molar-refractivity contribution in [3.05, 3.63) is 57.8 Å². The molecule has 1 N–H and O–H groups in total. The minimum atomic E-state index is -0.121. The van der Waals surface area contributed by atoms with E-state index in [1.54, 1.807) is 11.3 Å². The fraction of sp³-hybridized carbons (Fsp3) is 0.316. The van der Waals surface area contributed by atoms with Crippen molar-refractivity contribution in [3.63, 3.8) is 0 Å². The van der Waals surface area contributed by atoms with Crippen molar-refractivity contribution < 1.29 is 4.79 Å². The zero-order chi connectivity index (χ0) is 18.0. The molecule has 2 heterocycles. The Morgan fingerprint density at radius 3 is 2.76 bits per heavy atom. The Morgan fingerprint density at radius 1 is 1.32 bits per heavy atom. The number of carbonyl (C=O) groups is 1. The molecule has 1 atom stereocenters. The highest BCUT2D eigenvalue weighted by Gasteiger charge is 2.17. The highest BCUT2D eigenvalue weighted by Crippen LogP contribution is 2.24. The van der Waals surface area contributed by atoms with Gasteiger partial charge < -0.3 is 5.32 Å². The van der Waals surface area contributed by atoms with E-state index < -0.39 is 0 Å². The molecule has 0 aliphatic rings. The standard InChI is InChI=1S/C19H22N4OS/c1-5-23-11-17(10-20-23)15-7-6-8-16(9-15)19(24)21-12(2)18-13(3)25-14(4)22-18/h6-12H,5H2,1-4H3,(H,21,24)/t12-/m1/s1. The monoisotopic (exact) mass is 354 g/mol. The fourth-order valence-electron chi connectivity index (χ4n) is 2.82. The minimum Gasteiger partial charge on any atom is -0.344 e. The van der Waals surface area contributed by atoms with Gasteiger partial charge in [-0.05, 0) is 45.4 Å². The van der Waals surface area contributed by atoms with E-state index in [0.29, 0.717) is 5.56 Å². The van der Waals surface area contributed by atoms with Gasteiger partial charge in [-0.25, -0.2) is 4.98 Å². The number of aryl methyl sites for hydroxylation is 3. The number of hydrogen-bond acceptors (Lipinski definition) is 4. The van der Waals surface area contributed by atoms with Crippen molar-refractivity contribution in [1.29, 1.82) is 0 Å². The summed E-state index contributed by atoms with van der Waals surface area (Å²) < 4.78 is 1.87. The van der Waals surface area contributed by atoms with Gasteiger partial charge in [0.2, 0.25) is 0 Å². The maximum Gasteiger partial charge on any atom is 0.251 e. The number of thiazole rings is 1. The summed E-state index contributed by atoms with van der Waals surface area (Å²) in [7, 11) is 0. The van der Waals surface area contributed by atoms with Gasteiger partial charge in [0.1, 0.15) is 0 Å². The Balaban J connectivity index is 1.78. The molecule has 0 spiro atoms. The Bertz CT molecular complexity index is 896. The van der Waals surface area contributed by atoms with E-state index in [-0.39, 0.29) is 11.9 Å². The van der Waals surface area contributed by atoms with Crippen LogP contribution in [0.2, 0.25) is 0 Å². The highest BCUT2D eigenvalue weighted by molar-refractivity contribution is 7.11. The van der Waals surface area contributed by atoms with Crippen LogP contribution in [0, 0.1) is 13.8 Å². The number of nitrogens with zero attached hydrogens (tertiary/aromatic N) is 3. The van der Waals surface area contributed by atoms with Crippen molar-refractivity contribution in [2.45, 2.75) is 40.3 Å². The predicted molar refractivity (Wildman–Crippen MR) is 101 cm³/mol. The van der Waals surface area contributed by atoms with E-state index in [1.807, 2.05) is 69.0 Å². The van der Waals surface area contributed by atoms with Gasteiger partial charge in [-0.1, -0.05) is 12.1 Å². The van der Waals surface area contributed by atoms with E-state index in [0.717, 1.165) is 33.3 Å². The third-order valence-electron chi connectivity index (χ3n) is 4.11. The lowest BCUT2D eigenvalue weighted by atomic mass is 10.1. The number of rotatable bonds is 5. The van der Waals surface area contributed by atoms with Crippen LogP contribution in [0.1, 0.15) is 45.8 Å². The number of benzene rings is 1. The first-order chi connectivity index (χ1) is 12.0. The molecule has 0 radical (unpaired) electrons. The summed E-state index contributed by atoms with van der Waals surface area (Å²) in [5.74, 6) is -0.0951. The lowest BCUT2D eigenvalue weighted by Crippen LogP contribution is -2.27. The molecule has 0 fully saturated rings. The molecule has 2 aromatic heterocycles. The van der Waals surface area contributed by atoms with Crippen LogP contribution in [-0.2, 0) is 6.54 Å². The third-order valence-corrected chi connectivity index (χ3v) is 5.01. The van der Waals surface area contributed by atoms with Gasteiger partial charge in [0.05, 0.1) is 22.9 Å². The molecule has 0 saturated carbocycles. The van der Waals surface area contributed by atoms with E-state index in [9.17, 15) is 4.79 Å². The van der Waals surface area contributed by atoms with Crippen molar-refractivity contribution in [3.8, 4) is 11.1 Å². The smallest absolute Gasteiger partial charge is 0.251 e. The second-order valence-electron chi connectivity index (χ2n) is 6.03. The van der Waals surface area contributed by atoms with Crippen LogP contribution < -0.4 is 5.32 Å². The number of carbonyl (C=O) groups excluding carboxylic acids is 1. The molecular weight excluding hydrogens is 332 g/mol. The molecule has 0 bridgehead atoms. The average molecular weight is 354 g/mol. The summed E-state index contributed by atoms with van der Waals surface area (Å²) in [5.41, 5.74) is 3.57. The van der Waals surface area contributed by atoms with Crippen molar-refractivity contribution in [2.24, 2.45) is 0 Å². The van der Waals surface area contributed by atoms with Gasteiger partial charge in [-0.15, -0.1) is 11.3 Å². The van der Waals surface area contributed by atoms with E-state index in [2.05, 4.69) is 15.4 Å². The number of nitrogens with one attached hydrogen (secondary N) is 1. The molecule has 3 aromatic rings. The predicted octanol–water partition coefficient (Wildman–Crippen LogP) is 4.13. The SMILES string of the molecule is CCn1cc(-c2cccc(C(=O)N[C@H](C)c3nc(C)sc3C)c2)cn1. The van der Waals surface area contributed by atoms with Crippen molar-refractivity contribution in [1.82, 2.24) is 20.1 Å². The summed E-state index contributed by atoms with van der Waals surface area (Å²) in [4.78, 5) is 18.3. The lowest BCUT2D eigenvalue weighted by molar-refractivity contribution is 0.0939. The molecule has 6 heteroatoms. The van der Waals surface area contributed by atoms with Crippen LogP contribution in [0.5, 0.6) is 0 Å². The first-order valence-corrected chi connectivity index (χ1v) is 9.17. The molecule has 5 nitrogen and oxygen atoms in total. The van der Waals surface area contributed by atoms with Crippen LogP contribution >= 0.6 is 11.3 Å². The maximum absolute atomic E-state index is 12.6. The zero-order valence-electron chi connectivity index (χ0n) is 14.9. The quantitative estimate of drug-likeness (QED) is 0.749. The molecule has 0 aliphatic carbocycles. The Hall–Kier alpha value is -2.47. The van der Waals surface area contributed by atoms with E-state index >= 15 is 0 Å². The van der Waals surface area contributed by atoms with Gasteiger partial charge in [-0.3, -0.25) is 9.48 Å². The Kier molecular flexibility index (Phi) is 4.99. The average Bonchev–Trinajstić information content (AvgIpc) is 3.21. The van der Waals surface area contributed by atoms with Gasteiger partial charge in [0, 0.05) is 28.7 Å². The Morgan fingerprint density at radius 2 is 2.12 bits per heavy atom. The van der Waals surface area contributed by atoms with Crippen LogP contribution in [0.4, 0.5) is 0 Å². The second-order valence-corrected chi connectivity index (χ2v) is 7.44. The molecule has 0 saturated heterocycles. The first-order valence-electron chi connectivity index (χ1n) is 8.35. The fourth-order valence-corrected chi connectivity index (χ4v) is 3.73. The summed E-state index contributed by atoms with van der Waals surface area (Å²) in [6, 6.07) is 7.50. The third kappa shape index (κ3) is 3.79. The summed E-state index contributed by atoms with van der Waals surface area (Å²) in [5, 5.41) is 8.36. The minimum absolute atomic E-state index is 0.0951. The summed E-state index contributed by atoms with van der Waals surface area (Å²) in [6.45, 7) is 8.85. The molecule has 25 heavy (non-hydrogen) atoms. The highest BCUT2D eigenvalue weighted by atomic mass is 32.1. The van der Waals surface area contributed by atoms with Crippen molar-refractivity contribution >= 4 is 17.2 Å². The second kappa shape index (κ2) is 7.19. The largest absolute Gasteiger partial charge is 0.344 e. The zero-order valence-corrected chi connectivity index (χ0v) is 15.7.